The summed E-state index contributed by atoms with van der Waals surface area (Å²) in [5, 5.41) is 12.6. The second-order valence-electron chi connectivity index (χ2n) is 10.4. The van der Waals surface area contributed by atoms with Gasteiger partial charge in [0.05, 0.1) is 12.2 Å². The summed E-state index contributed by atoms with van der Waals surface area (Å²) in [5.74, 6) is 1.12. The predicted molar refractivity (Wildman–Crippen MR) is 155 cm³/mol. The standard InChI is InChI=1S/C30H38N6O3/c1-5-28(38)34-13-15-35(16-14-34)29-25-11-12-36(27-18-23(37)17-22-9-7-8-10-24(22)27)20-26(25)31-30(32-29)39-21(3)19-33(4)6-2/h5,7-10,17-18,21,37H,1,6,11-16,19-20H2,2-4H3/t21-/m1/s1. The van der Waals surface area contributed by atoms with Gasteiger partial charge in [-0.1, -0.05) is 37.8 Å². The summed E-state index contributed by atoms with van der Waals surface area (Å²) in [6, 6.07) is 12.1. The topological polar surface area (TPSA) is 85.3 Å². The average Bonchev–Trinajstić information content (AvgIpc) is 2.95. The molecule has 0 saturated carbocycles. The number of hydrogen-bond donors (Lipinski definition) is 1. The molecule has 1 atom stereocenters. The summed E-state index contributed by atoms with van der Waals surface area (Å²) in [6.45, 7) is 13.5. The Bertz CT molecular complexity index is 1350. The molecular weight excluding hydrogens is 492 g/mol. The monoisotopic (exact) mass is 530 g/mol. The van der Waals surface area contributed by atoms with Crippen LogP contribution in [0.5, 0.6) is 11.8 Å². The summed E-state index contributed by atoms with van der Waals surface area (Å²) in [5.41, 5.74) is 3.06. The Balaban J connectivity index is 1.47. The molecule has 2 aromatic carbocycles. The highest BCUT2D eigenvalue weighted by Gasteiger charge is 2.29. The van der Waals surface area contributed by atoms with Crippen molar-refractivity contribution in [3.63, 3.8) is 0 Å². The number of likely N-dealkylation sites (N-methyl/N-ethyl adjacent to an activating group) is 1. The number of fused-ring (bicyclic) bond motifs is 2. The van der Waals surface area contributed by atoms with Gasteiger partial charge in [0.2, 0.25) is 5.91 Å². The van der Waals surface area contributed by atoms with Gasteiger partial charge in [0.15, 0.2) is 0 Å². The highest BCUT2D eigenvalue weighted by molar-refractivity contribution is 5.95. The fourth-order valence-corrected chi connectivity index (χ4v) is 5.50. The van der Waals surface area contributed by atoms with E-state index in [1.165, 1.54) is 6.08 Å². The van der Waals surface area contributed by atoms with Gasteiger partial charge >= 0.3 is 6.01 Å². The van der Waals surface area contributed by atoms with Gasteiger partial charge in [-0.15, -0.1) is 0 Å². The first-order chi connectivity index (χ1) is 18.9. The third kappa shape index (κ3) is 5.78. The molecule has 0 unspecified atom stereocenters. The van der Waals surface area contributed by atoms with Crippen molar-refractivity contribution in [1.29, 1.82) is 0 Å². The van der Waals surface area contributed by atoms with Crippen LogP contribution in [0.4, 0.5) is 11.5 Å². The van der Waals surface area contributed by atoms with Crippen molar-refractivity contribution in [3.8, 4) is 11.8 Å². The third-order valence-electron chi connectivity index (χ3n) is 7.67. The lowest BCUT2D eigenvalue weighted by molar-refractivity contribution is -0.126. The van der Waals surface area contributed by atoms with Gasteiger partial charge in [0.1, 0.15) is 17.7 Å². The van der Waals surface area contributed by atoms with Crippen molar-refractivity contribution in [2.24, 2.45) is 0 Å². The molecule has 1 amide bonds. The van der Waals surface area contributed by atoms with Crippen LogP contribution in [0.1, 0.15) is 25.1 Å². The molecule has 206 valence electrons. The number of phenols is 1. The normalized spacial score (nSPS) is 16.4. The minimum atomic E-state index is -0.0717. The van der Waals surface area contributed by atoms with Crippen LogP contribution in [0, 0.1) is 0 Å². The Labute approximate surface area is 230 Å². The Kier molecular flexibility index (Phi) is 7.88. The molecule has 5 rings (SSSR count). The number of piperazine rings is 1. The van der Waals surface area contributed by atoms with E-state index in [1.54, 1.807) is 6.07 Å². The zero-order valence-electron chi connectivity index (χ0n) is 23.1. The Hall–Kier alpha value is -3.85. The smallest absolute Gasteiger partial charge is 0.318 e. The number of benzene rings is 2. The van der Waals surface area contributed by atoms with Gasteiger partial charge in [-0.05, 0) is 44.5 Å². The molecule has 3 heterocycles. The van der Waals surface area contributed by atoms with Crippen LogP contribution in [-0.4, -0.2) is 89.7 Å². The van der Waals surface area contributed by atoms with Gasteiger partial charge < -0.3 is 29.4 Å². The van der Waals surface area contributed by atoms with E-state index in [0.717, 1.165) is 59.6 Å². The molecule has 0 bridgehead atoms. The molecule has 3 aromatic rings. The molecule has 0 radical (unpaired) electrons. The highest BCUT2D eigenvalue weighted by Crippen LogP contribution is 2.36. The summed E-state index contributed by atoms with van der Waals surface area (Å²) in [4.78, 5) is 30.5. The van der Waals surface area contributed by atoms with Crippen LogP contribution >= 0.6 is 0 Å². The molecule has 0 aliphatic carbocycles. The molecule has 2 aliphatic heterocycles. The zero-order chi connectivity index (χ0) is 27.5. The molecule has 0 spiro atoms. The number of nitrogens with zero attached hydrogens (tertiary/aromatic N) is 6. The zero-order valence-corrected chi connectivity index (χ0v) is 23.1. The lowest BCUT2D eigenvalue weighted by Gasteiger charge is -2.38. The molecule has 1 N–H and O–H groups in total. The fraction of sp³-hybridized carbons (Fsp3) is 0.433. The first-order valence-corrected chi connectivity index (χ1v) is 13.7. The number of rotatable bonds is 8. The molecule has 1 fully saturated rings. The van der Waals surface area contributed by atoms with Gasteiger partial charge in [-0.3, -0.25) is 4.79 Å². The van der Waals surface area contributed by atoms with Crippen LogP contribution in [0.2, 0.25) is 0 Å². The second-order valence-corrected chi connectivity index (χ2v) is 10.4. The van der Waals surface area contributed by atoms with Gasteiger partial charge in [0, 0.05) is 62.0 Å². The van der Waals surface area contributed by atoms with Crippen molar-refractivity contribution >= 4 is 28.2 Å². The average molecular weight is 531 g/mol. The molecule has 9 nitrogen and oxygen atoms in total. The van der Waals surface area contributed by atoms with Crippen molar-refractivity contribution in [2.45, 2.75) is 32.9 Å². The molecule has 1 saturated heterocycles. The number of carbonyl (C=O) groups excluding carboxylic acids is 1. The number of carbonyl (C=O) groups is 1. The number of ether oxygens (including phenoxy) is 1. The molecule has 2 aliphatic rings. The predicted octanol–water partition coefficient (Wildman–Crippen LogP) is 3.45. The molecule has 1 aromatic heterocycles. The lowest BCUT2D eigenvalue weighted by Crippen LogP contribution is -2.49. The molecule has 39 heavy (non-hydrogen) atoms. The number of amides is 1. The number of hydrogen-bond acceptors (Lipinski definition) is 8. The van der Waals surface area contributed by atoms with Crippen LogP contribution < -0.4 is 14.5 Å². The van der Waals surface area contributed by atoms with E-state index < -0.39 is 0 Å². The minimum Gasteiger partial charge on any atom is -0.508 e. The quantitative estimate of drug-likeness (QED) is 0.444. The summed E-state index contributed by atoms with van der Waals surface area (Å²) < 4.78 is 6.26. The largest absolute Gasteiger partial charge is 0.508 e. The van der Waals surface area contributed by atoms with Gasteiger partial charge in [-0.2, -0.15) is 9.97 Å². The third-order valence-corrected chi connectivity index (χ3v) is 7.67. The van der Waals surface area contributed by atoms with E-state index in [9.17, 15) is 9.90 Å². The number of aromatic nitrogens is 2. The summed E-state index contributed by atoms with van der Waals surface area (Å²) in [7, 11) is 2.07. The van der Waals surface area contributed by atoms with E-state index in [4.69, 9.17) is 14.7 Å². The van der Waals surface area contributed by atoms with Gasteiger partial charge in [-0.25, -0.2) is 0 Å². The van der Waals surface area contributed by atoms with Gasteiger partial charge in [0.25, 0.3) is 0 Å². The second kappa shape index (κ2) is 11.5. The molecule has 9 heteroatoms. The SMILES string of the molecule is C=CC(=O)N1CCN(c2nc(O[C@H](C)CN(C)CC)nc3c2CCN(c2cc(O)cc4ccccc24)C3)CC1. The number of anilines is 2. The maximum atomic E-state index is 12.1. The maximum Gasteiger partial charge on any atom is 0.318 e. The first kappa shape index (κ1) is 26.7. The van der Waals surface area contributed by atoms with Crippen molar-refractivity contribution < 1.29 is 14.6 Å². The van der Waals surface area contributed by atoms with Crippen molar-refractivity contribution in [1.82, 2.24) is 19.8 Å². The van der Waals surface area contributed by atoms with E-state index in [0.29, 0.717) is 38.7 Å². The lowest BCUT2D eigenvalue weighted by atomic mass is 10.0. The van der Waals surface area contributed by atoms with E-state index in [2.05, 4.69) is 41.3 Å². The van der Waals surface area contributed by atoms with E-state index in [1.807, 2.05) is 36.1 Å². The van der Waals surface area contributed by atoms with Crippen LogP contribution in [-0.2, 0) is 17.8 Å². The summed E-state index contributed by atoms with van der Waals surface area (Å²) >= 11 is 0. The number of aromatic hydroxyl groups is 1. The van der Waals surface area contributed by atoms with Crippen molar-refractivity contribution in [3.05, 3.63) is 60.3 Å². The Morgan fingerprint density at radius 1 is 1.15 bits per heavy atom. The van der Waals surface area contributed by atoms with E-state index in [-0.39, 0.29) is 17.8 Å². The fourth-order valence-electron chi connectivity index (χ4n) is 5.50. The minimum absolute atomic E-state index is 0.0359. The Morgan fingerprint density at radius 2 is 1.92 bits per heavy atom. The molecular formula is C30H38N6O3. The van der Waals surface area contributed by atoms with Crippen LogP contribution in [0.15, 0.2) is 49.1 Å². The first-order valence-electron chi connectivity index (χ1n) is 13.7. The Morgan fingerprint density at radius 3 is 2.67 bits per heavy atom. The summed E-state index contributed by atoms with van der Waals surface area (Å²) in [6.07, 6.45) is 2.08. The highest BCUT2D eigenvalue weighted by atomic mass is 16.5. The van der Waals surface area contributed by atoms with Crippen LogP contribution in [0.25, 0.3) is 10.8 Å². The van der Waals surface area contributed by atoms with Crippen LogP contribution in [0.3, 0.4) is 0 Å². The van der Waals surface area contributed by atoms with Crippen molar-refractivity contribution in [2.75, 3.05) is 62.7 Å². The van der Waals surface area contributed by atoms with E-state index >= 15 is 0 Å². The number of phenolic OH excluding ortho intramolecular Hbond substituents is 1. The maximum absolute atomic E-state index is 12.1.